The molecule has 1 aliphatic carbocycles. The number of nitriles is 1. The SMILES string of the molecule is C=CC(=O)N1CC2(CCN(c3nc4c(c(-c5c(O)cccc5Cl)c3C#N)CCC(c3scnc3C)=C4)C2)C1. The van der Waals surface area contributed by atoms with Crippen LogP contribution in [0.5, 0.6) is 5.75 Å². The number of thiazole rings is 1. The Hall–Kier alpha value is -3.67. The Balaban J connectivity index is 1.49. The number of rotatable bonds is 4. The average molecular weight is 544 g/mol. The lowest BCUT2D eigenvalue weighted by Crippen LogP contribution is -2.59. The highest BCUT2D eigenvalue weighted by Crippen LogP contribution is 2.48. The molecule has 6 rings (SSSR count). The molecule has 2 fully saturated rings. The van der Waals surface area contributed by atoms with Crippen LogP contribution in [0.3, 0.4) is 0 Å². The van der Waals surface area contributed by atoms with Crippen molar-refractivity contribution in [2.75, 3.05) is 31.1 Å². The summed E-state index contributed by atoms with van der Waals surface area (Å²) in [5, 5.41) is 21.8. The summed E-state index contributed by atoms with van der Waals surface area (Å²) in [5.74, 6) is 0.590. The van der Waals surface area contributed by atoms with E-state index in [2.05, 4.69) is 28.6 Å². The molecular formula is C29H26ClN5O2S. The Bertz CT molecular complexity index is 1540. The smallest absolute Gasteiger partial charge is 0.245 e. The number of fused-ring (bicyclic) bond motifs is 1. The fourth-order valence-electron chi connectivity index (χ4n) is 6.08. The lowest BCUT2D eigenvalue weighted by Gasteiger charge is -2.47. The topological polar surface area (TPSA) is 93.4 Å². The van der Waals surface area contributed by atoms with Gasteiger partial charge in [-0.25, -0.2) is 9.97 Å². The number of aromatic nitrogens is 2. The summed E-state index contributed by atoms with van der Waals surface area (Å²) in [6.07, 6.45) is 5.81. The first-order valence-corrected chi connectivity index (χ1v) is 13.8. The first-order valence-electron chi connectivity index (χ1n) is 12.6. The quantitative estimate of drug-likeness (QED) is 0.439. The number of aromatic hydroxyl groups is 1. The molecule has 3 aromatic rings. The van der Waals surface area contributed by atoms with E-state index in [0.717, 1.165) is 41.2 Å². The number of carbonyl (C=O) groups excluding carboxylic acids is 1. The molecule has 1 spiro atoms. The number of allylic oxidation sites excluding steroid dienone is 1. The predicted octanol–water partition coefficient (Wildman–Crippen LogP) is 5.46. The summed E-state index contributed by atoms with van der Waals surface area (Å²) in [6.45, 7) is 8.39. The van der Waals surface area contributed by atoms with Crippen LogP contribution in [-0.4, -0.2) is 52.1 Å². The maximum absolute atomic E-state index is 12.1. The number of halogens is 1. The number of phenols is 1. The van der Waals surface area contributed by atoms with E-state index in [-0.39, 0.29) is 17.1 Å². The third kappa shape index (κ3) is 3.89. The zero-order valence-corrected chi connectivity index (χ0v) is 22.6. The van der Waals surface area contributed by atoms with Gasteiger partial charge in [0.15, 0.2) is 0 Å². The van der Waals surface area contributed by atoms with E-state index in [0.29, 0.717) is 53.6 Å². The van der Waals surface area contributed by atoms with E-state index in [1.807, 2.05) is 17.3 Å². The number of hydrogen-bond donors (Lipinski definition) is 1. The monoisotopic (exact) mass is 543 g/mol. The van der Waals surface area contributed by atoms with E-state index in [9.17, 15) is 15.2 Å². The van der Waals surface area contributed by atoms with Gasteiger partial charge in [-0.3, -0.25) is 4.79 Å². The highest BCUT2D eigenvalue weighted by atomic mass is 35.5. The number of hydrogen-bond acceptors (Lipinski definition) is 7. The number of phenolic OH excluding ortho intramolecular Hbond substituents is 1. The predicted molar refractivity (Wildman–Crippen MR) is 150 cm³/mol. The average Bonchev–Trinajstić information content (AvgIpc) is 3.53. The van der Waals surface area contributed by atoms with Gasteiger partial charge in [-0.05, 0) is 61.6 Å². The zero-order chi connectivity index (χ0) is 26.6. The van der Waals surface area contributed by atoms with Gasteiger partial charge in [-0.2, -0.15) is 5.26 Å². The summed E-state index contributed by atoms with van der Waals surface area (Å²) in [6, 6.07) is 7.45. The number of likely N-dealkylation sites (tertiary alicyclic amines) is 1. The van der Waals surface area contributed by atoms with Gasteiger partial charge in [-0.15, -0.1) is 11.3 Å². The maximum Gasteiger partial charge on any atom is 0.245 e. The minimum Gasteiger partial charge on any atom is -0.507 e. The standard InChI is InChI=1S/C29H26ClN5O2S/c1-3-24(37)35-14-29(15-35)9-10-34(13-29)28-20(12-31)25(26-21(30)5-4-6-23(26)36)19-8-7-18(11-22(19)33-28)27-17(2)32-16-38-27/h3-6,11,16,36H,1,7-10,13-15H2,2H3. The lowest BCUT2D eigenvalue weighted by atomic mass is 9.79. The Morgan fingerprint density at radius 3 is 2.79 bits per heavy atom. The number of aryl methyl sites for hydroxylation is 1. The molecule has 0 saturated carbocycles. The van der Waals surface area contributed by atoms with Crippen molar-refractivity contribution in [3.05, 3.63) is 68.8 Å². The van der Waals surface area contributed by atoms with E-state index < -0.39 is 0 Å². The molecule has 9 heteroatoms. The largest absolute Gasteiger partial charge is 0.507 e. The summed E-state index contributed by atoms with van der Waals surface area (Å²) in [4.78, 5) is 26.7. The van der Waals surface area contributed by atoms with Crippen LogP contribution in [-0.2, 0) is 11.2 Å². The molecule has 3 aliphatic rings. The van der Waals surface area contributed by atoms with Gasteiger partial charge >= 0.3 is 0 Å². The number of anilines is 1. The molecule has 2 saturated heterocycles. The van der Waals surface area contributed by atoms with Crippen LogP contribution < -0.4 is 4.90 Å². The van der Waals surface area contributed by atoms with Crippen LogP contribution in [0.2, 0.25) is 5.02 Å². The fourth-order valence-corrected chi connectivity index (χ4v) is 7.20. The molecule has 0 unspecified atom stereocenters. The highest BCUT2D eigenvalue weighted by molar-refractivity contribution is 7.11. The number of pyridine rings is 1. The van der Waals surface area contributed by atoms with E-state index in [1.54, 1.807) is 29.5 Å². The van der Waals surface area contributed by atoms with Crippen LogP contribution in [0.4, 0.5) is 5.82 Å². The van der Waals surface area contributed by atoms with E-state index >= 15 is 0 Å². The second-order valence-electron chi connectivity index (χ2n) is 10.3. The number of amides is 1. The molecule has 1 N–H and O–H groups in total. The van der Waals surface area contributed by atoms with Crippen LogP contribution in [0.15, 0.2) is 36.4 Å². The molecule has 38 heavy (non-hydrogen) atoms. The Morgan fingerprint density at radius 1 is 1.29 bits per heavy atom. The minimum atomic E-state index is -0.0498. The number of benzene rings is 1. The van der Waals surface area contributed by atoms with Crippen LogP contribution >= 0.6 is 22.9 Å². The van der Waals surface area contributed by atoms with Gasteiger partial charge in [-0.1, -0.05) is 24.2 Å². The van der Waals surface area contributed by atoms with Crippen LogP contribution in [0.25, 0.3) is 22.8 Å². The second kappa shape index (κ2) is 9.26. The van der Waals surface area contributed by atoms with Crippen LogP contribution in [0.1, 0.15) is 40.2 Å². The Labute approximate surface area is 230 Å². The number of carbonyl (C=O) groups is 1. The van der Waals surface area contributed by atoms with Crippen molar-refractivity contribution >= 4 is 46.3 Å². The number of nitrogens with zero attached hydrogens (tertiary/aromatic N) is 5. The van der Waals surface area contributed by atoms with Gasteiger partial charge in [0.2, 0.25) is 5.91 Å². The third-order valence-electron chi connectivity index (χ3n) is 7.93. The molecule has 0 atom stereocenters. The molecule has 7 nitrogen and oxygen atoms in total. The first-order chi connectivity index (χ1) is 18.3. The second-order valence-corrected chi connectivity index (χ2v) is 11.6. The third-order valence-corrected chi connectivity index (χ3v) is 9.25. The Kier molecular flexibility index (Phi) is 6.01. The molecule has 4 heterocycles. The fraction of sp³-hybridized carbons (Fsp3) is 0.310. The van der Waals surface area contributed by atoms with Gasteiger partial charge in [0.25, 0.3) is 0 Å². The molecule has 192 valence electrons. The molecule has 1 amide bonds. The summed E-state index contributed by atoms with van der Waals surface area (Å²) < 4.78 is 0. The maximum atomic E-state index is 12.1. The van der Waals surface area contributed by atoms with Crippen molar-refractivity contribution in [1.82, 2.24) is 14.9 Å². The molecule has 0 radical (unpaired) electrons. The normalized spacial score (nSPS) is 17.6. The molecular weight excluding hydrogens is 518 g/mol. The summed E-state index contributed by atoms with van der Waals surface area (Å²) in [7, 11) is 0. The summed E-state index contributed by atoms with van der Waals surface area (Å²) in [5.41, 5.74) is 7.26. The minimum absolute atomic E-state index is 0.0174. The van der Waals surface area contributed by atoms with Crippen LogP contribution in [0, 0.1) is 23.7 Å². The highest BCUT2D eigenvalue weighted by Gasteiger charge is 2.49. The van der Waals surface area contributed by atoms with Crippen molar-refractivity contribution < 1.29 is 9.90 Å². The first kappa shape index (κ1) is 24.7. The summed E-state index contributed by atoms with van der Waals surface area (Å²) >= 11 is 8.26. The molecule has 1 aromatic carbocycles. The molecule has 2 aliphatic heterocycles. The van der Waals surface area contributed by atoms with Crippen molar-refractivity contribution in [3.63, 3.8) is 0 Å². The zero-order valence-electron chi connectivity index (χ0n) is 21.0. The van der Waals surface area contributed by atoms with Crippen molar-refractivity contribution in [2.45, 2.75) is 26.2 Å². The lowest BCUT2D eigenvalue weighted by molar-refractivity contribution is -0.136. The molecule has 2 aromatic heterocycles. The van der Waals surface area contributed by atoms with Gasteiger partial charge in [0, 0.05) is 42.7 Å². The van der Waals surface area contributed by atoms with Crippen molar-refractivity contribution in [1.29, 1.82) is 5.26 Å². The molecule has 0 bridgehead atoms. The van der Waals surface area contributed by atoms with Gasteiger partial charge in [0.05, 0.1) is 26.8 Å². The Morgan fingerprint density at radius 2 is 2.11 bits per heavy atom. The van der Waals surface area contributed by atoms with E-state index in [4.69, 9.17) is 16.6 Å². The van der Waals surface area contributed by atoms with Gasteiger partial charge < -0.3 is 14.9 Å². The van der Waals surface area contributed by atoms with Gasteiger partial charge in [0.1, 0.15) is 23.2 Å². The van der Waals surface area contributed by atoms with Crippen molar-refractivity contribution in [2.24, 2.45) is 5.41 Å². The van der Waals surface area contributed by atoms with E-state index in [1.165, 1.54) is 11.6 Å². The van der Waals surface area contributed by atoms with Crippen molar-refractivity contribution in [3.8, 4) is 22.9 Å².